The van der Waals surface area contributed by atoms with E-state index in [9.17, 15) is 5.26 Å². The molecule has 22 heavy (non-hydrogen) atoms. The van der Waals surface area contributed by atoms with E-state index in [1.54, 1.807) is 12.3 Å². The van der Waals surface area contributed by atoms with Crippen LogP contribution in [0.15, 0.2) is 48.7 Å². The van der Waals surface area contributed by atoms with Gasteiger partial charge in [0.25, 0.3) is 0 Å². The topological polar surface area (TPSA) is 58.8 Å². The van der Waals surface area contributed by atoms with Crippen molar-refractivity contribution < 1.29 is 4.74 Å². The van der Waals surface area contributed by atoms with Gasteiger partial charge < -0.3 is 4.74 Å². The number of aromatic nitrogens is 2. The van der Waals surface area contributed by atoms with Crippen LogP contribution in [0.25, 0.3) is 22.0 Å². The van der Waals surface area contributed by atoms with Gasteiger partial charge in [0.1, 0.15) is 11.8 Å². The zero-order valence-corrected chi connectivity index (χ0v) is 12.4. The van der Waals surface area contributed by atoms with Crippen molar-refractivity contribution in [1.82, 2.24) is 10.2 Å². The normalized spacial score (nSPS) is 10.6. The van der Waals surface area contributed by atoms with Crippen LogP contribution in [0.5, 0.6) is 5.75 Å². The van der Waals surface area contributed by atoms with Crippen molar-refractivity contribution >= 4 is 10.9 Å². The molecule has 0 atom stereocenters. The minimum atomic E-state index is 0.00894. The third-order valence-corrected chi connectivity index (χ3v) is 3.32. The van der Waals surface area contributed by atoms with Crippen molar-refractivity contribution in [3.8, 4) is 22.9 Å². The molecule has 0 spiro atoms. The molecule has 0 unspecified atom stereocenters. The van der Waals surface area contributed by atoms with Gasteiger partial charge in [0, 0.05) is 10.9 Å². The fraction of sp³-hybridized carbons (Fsp3) is 0.167. The molecule has 4 nitrogen and oxygen atoms in total. The molecule has 108 valence electrons. The van der Waals surface area contributed by atoms with Gasteiger partial charge in [0.05, 0.1) is 23.4 Å². The number of nitrogens with zero attached hydrogens (tertiary/aromatic N) is 3. The Balaban J connectivity index is 2.17. The highest BCUT2D eigenvalue weighted by atomic mass is 16.5. The summed E-state index contributed by atoms with van der Waals surface area (Å²) in [5, 5.41) is 18.4. The summed E-state index contributed by atoms with van der Waals surface area (Å²) in [6, 6.07) is 15.6. The molecule has 0 aliphatic heterocycles. The Morgan fingerprint density at radius 2 is 1.95 bits per heavy atom. The molecule has 4 heteroatoms. The summed E-state index contributed by atoms with van der Waals surface area (Å²) in [5.74, 6) is 0.593. The van der Waals surface area contributed by atoms with Gasteiger partial charge in [-0.25, -0.2) is 0 Å². The van der Waals surface area contributed by atoms with Crippen LogP contribution >= 0.6 is 0 Å². The molecule has 0 aliphatic carbocycles. The molecular formula is C18H15N3O. The minimum Gasteiger partial charge on any atom is -0.490 e. The summed E-state index contributed by atoms with van der Waals surface area (Å²) >= 11 is 0. The van der Waals surface area contributed by atoms with E-state index in [0.29, 0.717) is 11.3 Å². The average Bonchev–Trinajstić information content (AvgIpc) is 2.54. The zero-order valence-electron chi connectivity index (χ0n) is 12.4. The summed E-state index contributed by atoms with van der Waals surface area (Å²) in [6.07, 6.45) is 1.75. The maximum Gasteiger partial charge on any atom is 0.138 e. The molecular weight excluding hydrogens is 274 g/mol. The maximum absolute atomic E-state index is 9.21. The van der Waals surface area contributed by atoms with E-state index in [1.807, 2.05) is 50.2 Å². The lowest BCUT2D eigenvalue weighted by atomic mass is 10.0. The quantitative estimate of drug-likeness (QED) is 0.732. The number of hydrogen-bond donors (Lipinski definition) is 0. The molecule has 2 aromatic carbocycles. The fourth-order valence-corrected chi connectivity index (χ4v) is 2.37. The van der Waals surface area contributed by atoms with E-state index in [0.717, 1.165) is 22.0 Å². The van der Waals surface area contributed by atoms with Crippen molar-refractivity contribution in [3.63, 3.8) is 0 Å². The second-order valence-corrected chi connectivity index (χ2v) is 5.26. The van der Waals surface area contributed by atoms with Crippen LogP contribution in [0.1, 0.15) is 19.4 Å². The average molecular weight is 289 g/mol. The molecule has 0 saturated heterocycles. The Morgan fingerprint density at radius 1 is 1.14 bits per heavy atom. The third-order valence-electron chi connectivity index (χ3n) is 3.32. The highest BCUT2D eigenvalue weighted by Gasteiger charge is 2.10. The number of hydrogen-bond acceptors (Lipinski definition) is 4. The van der Waals surface area contributed by atoms with E-state index in [1.165, 1.54) is 0 Å². The lowest BCUT2D eigenvalue weighted by Gasteiger charge is -2.13. The first kappa shape index (κ1) is 14.0. The standard InChI is InChI=1S/C18H15N3O/c1-12(2)22-18-9-13(7-8-14(18)10-19)16-11-20-21-17-6-4-3-5-15(16)17/h3-9,11-12H,1-2H3. The van der Waals surface area contributed by atoms with Gasteiger partial charge >= 0.3 is 0 Å². The molecule has 0 fully saturated rings. The Hall–Kier alpha value is -2.93. The summed E-state index contributed by atoms with van der Waals surface area (Å²) in [4.78, 5) is 0. The largest absolute Gasteiger partial charge is 0.490 e. The smallest absolute Gasteiger partial charge is 0.138 e. The highest BCUT2D eigenvalue weighted by molar-refractivity contribution is 5.93. The number of fused-ring (bicyclic) bond motifs is 1. The van der Waals surface area contributed by atoms with Crippen LogP contribution < -0.4 is 4.74 Å². The van der Waals surface area contributed by atoms with Crippen LogP contribution in [-0.4, -0.2) is 16.3 Å². The Labute approximate surface area is 129 Å². The predicted molar refractivity (Wildman–Crippen MR) is 85.5 cm³/mol. The van der Waals surface area contributed by atoms with Gasteiger partial charge in [-0.05, 0) is 37.6 Å². The van der Waals surface area contributed by atoms with E-state index in [4.69, 9.17) is 4.74 Å². The fourth-order valence-electron chi connectivity index (χ4n) is 2.37. The van der Waals surface area contributed by atoms with E-state index in [-0.39, 0.29) is 6.10 Å². The molecule has 0 amide bonds. The molecule has 0 N–H and O–H groups in total. The monoisotopic (exact) mass is 289 g/mol. The highest BCUT2D eigenvalue weighted by Crippen LogP contribution is 2.31. The Bertz CT molecular complexity index is 860. The second kappa shape index (κ2) is 5.82. The van der Waals surface area contributed by atoms with Crippen LogP contribution in [0, 0.1) is 11.3 Å². The van der Waals surface area contributed by atoms with Crippen LogP contribution in [0.2, 0.25) is 0 Å². The lowest BCUT2D eigenvalue weighted by molar-refractivity contribution is 0.242. The van der Waals surface area contributed by atoms with Gasteiger partial charge in [-0.15, -0.1) is 0 Å². The van der Waals surface area contributed by atoms with Crippen molar-refractivity contribution in [2.75, 3.05) is 0 Å². The van der Waals surface area contributed by atoms with E-state index in [2.05, 4.69) is 16.3 Å². The summed E-state index contributed by atoms with van der Waals surface area (Å²) in [5.41, 5.74) is 3.31. The molecule has 3 aromatic rings. The number of nitriles is 1. The van der Waals surface area contributed by atoms with E-state index >= 15 is 0 Å². The molecule has 0 saturated carbocycles. The van der Waals surface area contributed by atoms with Crippen molar-refractivity contribution in [3.05, 3.63) is 54.2 Å². The van der Waals surface area contributed by atoms with Crippen LogP contribution in [-0.2, 0) is 0 Å². The molecule has 1 aromatic heterocycles. The van der Waals surface area contributed by atoms with Gasteiger partial charge in [-0.1, -0.05) is 24.3 Å². The number of ether oxygens (including phenoxy) is 1. The van der Waals surface area contributed by atoms with Crippen molar-refractivity contribution in [2.45, 2.75) is 20.0 Å². The summed E-state index contributed by atoms with van der Waals surface area (Å²) in [6.45, 7) is 3.88. The van der Waals surface area contributed by atoms with Crippen molar-refractivity contribution in [1.29, 1.82) is 5.26 Å². The summed E-state index contributed by atoms with van der Waals surface area (Å²) in [7, 11) is 0. The molecule has 1 heterocycles. The SMILES string of the molecule is CC(C)Oc1cc(-c2cnnc3ccccc23)ccc1C#N. The summed E-state index contributed by atoms with van der Waals surface area (Å²) < 4.78 is 5.75. The van der Waals surface area contributed by atoms with Crippen molar-refractivity contribution in [2.24, 2.45) is 0 Å². The van der Waals surface area contributed by atoms with Crippen LogP contribution in [0.4, 0.5) is 0 Å². The van der Waals surface area contributed by atoms with Gasteiger partial charge in [-0.2, -0.15) is 15.5 Å². The predicted octanol–water partition coefficient (Wildman–Crippen LogP) is 3.96. The maximum atomic E-state index is 9.21. The zero-order chi connectivity index (χ0) is 15.5. The first-order chi connectivity index (χ1) is 10.7. The third kappa shape index (κ3) is 2.61. The van der Waals surface area contributed by atoms with Gasteiger partial charge in [0.2, 0.25) is 0 Å². The molecule has 0 bridgehead atoms. The molecule has 3 rings (SSSR count). The lowest BCUT2D eigenvalue weighted by Crippen LogP contribution is -2.06. The van der Waals surface area contributed by atoms with Gasteiger partial charge in [-0.3, -0.25) is 0 Å². The first-order valence-corrected chi connectivity index (χ1v) is 7.10. The Kier molecular flexibility index (Phi) is 3.71. The van der Waals surface area contributed by atoms with Crippen LogP contribution in [0.3, 0.4) is 0 Å². The molecule has 0 radical (unpaired) electrons. The van der Waals surface area contributed by atoms with E-state index < -0.39 is 0 Å². The number of rotatable bonds is 3. The minimum absolute atomic E-state index is 0.00894. The second-order valence-electron chi connectivity index (χ2n) is 5.26. The Morgan fingerprint density at radius 3 is 2.73 bits per heavy atom. The first-order valence-electron chi connectivity index (χ1n) is 7.10. The number of benzene rings is 2. The molecule has 0 aliphatic rings. The van der Waals surface area contributed by atoms with Gasteiger partial charge in [0.15, 0.2) is 0 Å².